The molecule has 0 aromatic carbocycles. The summed E-state index contributed by atoms with van der Waals surface area (Å²) in [6.07, 6.45) is 4.77. The zero-order chi connectivity index (χ0) is 27.7. The first-order valence-electron chi connectivity index (χ1n) is 13.9. The van der Waals surface area contributed by atoms with Crippen LogP contribution in [0.15, 0.2) is 29.5 Å². The third-order valence-electron chi connectivity index (χ3n) is 10.8. The monoisotopic (exact) mass is 523 g/mol. The molecule has 7 heteroatoms. The minimum Gasteiger partial charge on any atom is -0.451 e. The van der Waals surface area contributed by atoms with Gasteiger partial charge in [-0.1, -0.05) is 32.9 Å². The summed E-state index contributed by atoms with van der Waals surface area (Å²) in [7, 11) is 1.89. The number of carbonyl (C=O) groups is 2. The summed E-state index contributed by atoms with van der Waals surface area (Å²) in [5, 5.41) is 13.1. The van der Waals surface area contributed by atoms with Gasteiger partial charge in [-0.2, -0.15) is 0 Å². The Balaban J connectivity index is 1.52. The van der Waals surface area contributed by atoms with Crippen molar-refractivity contribution in [1.82, 2.24) is 4.57 Å². The lowest BCUT2D eigenvalue weighted by Crippen LogP contribution is -2.68. The van der Waals surface area contributed by atoms with E-state index < -0.39 is 35.0 Å². The van der Waals surface area contributed by atoms with E-state index in [0.29, 0.717) is 17.1 Å². The van der Waals surface area contributed by atoms with Crippen molar-refractivity contribution in [3.63, 3.8) is 0 Å². The van der Waals surface area contributed by atoms with E-state index in [1.165, 1.54) is 0 Å². The fraction of sp³-hybridized carbons (Fsp3) is 0.677. The number of ether oxygens (including phenoxy) is 3. The molecule has 2 bridgehead atoms. The highest BCUT2D eigenvalue weighted by Crippen LogP contribution is 2.72. The van der Waals surface area contributed by atoms with Crippen LogP contribution in [0.25, 0.3) is 0 Å². The number of aryl methyl sites for hydroxylation is 2. The van der Waals surface area contributed by atoms with Gasteiger partial charge in [0.25, 0.3) is 0 Å². The number of aliphatic hydroxyl groups is 1. The number of fused-ring (bicyclic) bond motifs is 5. The van der Waals surface area contributed by atoms with Gasteiger partial charge in [0.2, 0.25) is 0 Å². The number of carbonyl (C=O) groups excluding carboxylic acids is 2. The van der Waals surface area contributed by atoms with Crippen LogP contribution >= 0.6 is 0 Å². The maximum absolute atomic E-state index is 14.8. The van der Waals surface area contributed by atoms with E-state index in [1.807, 2.05) is 64.6 Å². The van der Waals surface area contributed by atoms with Crippen molar-refractivity contribution in [2.24, 2.45) is 41.5 Å². The normalized spacial score (nSPS) is 42.1. The van der Waals surface area contributed by atoms with Crippen molar-refractivity contribution in [1.29, 1.82) is 0 Å². The van der Waals surface area contributed by atoms with Crippen LogP contribution in [0.5, 0.6) is 0 Å². The van der Waals surface area contributed by atoms with Crippen LogP contribution in [0.4, 0.5) is 0 Å². The van der Waals surface area contributed by atoms with E-state index in [4.69, 9.17) is 14.2 Å². The van der Waals surface area contributed by atoms with Gasteiger partial charge in [0.15, 0.2) is 23.3 Å². The molecule has 1 aromatic heterocycles. The van der Waals surface area contributed by atoms with Gasteiger partial charge in [0.1, 0.15) is 6.10 Å². The maximum Gasteiger partial charge on any atom is 0.340 e. The fourth-order valence-corrected chi connectivity index (χ4v) is 8.69. The van der Waals surface area contributed by atoms with Crippen LogP contribution in [0.2, 0.25) is 0 Å². The standard InChI is InChI=1S/C31H41NO6/c1-15-12-30-17(3)10-21-23(28(21,5)6)20(24(30)33)11-19-14-36-29(7,8)38-26(19)31(30,35)25(15)37-27(34)22-16(2)13-32(9)18(22)4/h11-13,17,20-21,23,25-26,35H,10,14H2,1-9H3/t17?,20-,21+,23-,25-,26+,30?,31+/m0/s1. The van der Waals surface area contributed by atoms with Crippen molar-refractivity contribution in [3.05, 3.63) is 46.3 Å². The molecule has 38 heavy (non-hydrogen) atoms. The molecular formula is C31H41NO6. The van der Waals surface area contributed by atoms with E-state index >= 15 is 0 Å². The first-order valence-corrected chi connectivity index (χ1v) is 13.9. The Morgan fingerprint density at radius 1 is 1.18 bits per heavy atom. The lowest BCUT2D eigenvalue weighted by Gasteiger charge is -2.52. The Morgan fingerprint density at radius 3 is 2.50 bits per heavy atom. The number of nitrogens with zero attached hydrogens (tertiary/aromatic N) is 1. The van der Waals surface area contributed by atoms with E-state index in [0.717, 1.165) is 23.3 Å². The van der Waals surface area contributed by atoms with Gasteiger partial charge in [0.05, 0.1) is 17.6 Å². The third kappa shape index (κ3) is 3.07. The molecule has 1 saturated heterocycles. The first-order chi connectivity index (χ1) is 17.6. The minimum absolute atomic E-state index is 0.0128. The zero-order valence-corrected chi connectivity index (χ0v) is 24.0. The molecule has 0 amide bonds. The van der Waals surface area contributed by atoms with Crippen molar-refractivity contribution < 1.29 is 28.9 Å². The Labute approximate surface area is 225 Å². The molecule has 8 atom stereocenters. The lowest BCUT2D eigenvalue weighted by atomic mass is 9.59. The van der Waals surface area contributed by atoms with Gasteiger partial charge in [0, 0.05) is 24.9 Å². The van der Waals surface area contributed by atoms with Crippen LogP contribution in [-0.4, -0.2) is 51.6 Å². The van der Waals surface area contributed by atoms with Crippen molar-refractivity contribution in [2.45, 2.75) is 85.4 Å². The summed E-state index contributed by atoms with van der Waals surface area (Å²) in [5.74, 6) is -1.39. The Bertz CT molecular complexity index is 1320. The second-order valence-corrected chi connectivity index (χ2v) is 13.7. The first kappa shape index (κ1) is 26.0. The molecule has 1 aromatic rings. The van der Waals surface area contributed by atoms with Crippen molar-refractivity contribution >= 4 is 11.8 Å². The number of rotatable bonds is 2. The number of ketones is 1. The van der Waals surface area contributed by atoms with Crippen LogP contribution in [0.1, 0.15) is 69.6 Å². The number of allylic oxidation sites excluding steroid dienone is 1. The lowest BCUT2D eigenvalue weighted by molar-refractivity contribution is -0.302. The number of hydrogen-bond donors (Lipinski definition) is 1. The van der Waals surface area contributed by atoms with Gasteiger partial charge in [-0.25, -0.2) is 4.79 Å². The van der Waals surface area contributed by atoms with Gasteiger partial charge in [-0.15, -0.1) is 0 Å². The summed E-state index contributed by atoms with van der Waals surface area (Å²) < 4.78 is 20.7. The minimum atomic E-state index is -1.80. The highest BCUT2D eigenvalue weighted by Gasteiger charge is 2.77. The summed E-state index contributed by atoms with van der Waals surface area (Å²) in [5.41, 5.74) is 0.544. The van der Waals surface area contributed by atoms with Crippen LogP contribution in [-0.2, 0) is 26.1 Å². The highest BCUT2D eigenvalue weighted by atomic mass is 16.7. The van der Waals surface area contributed by atoms with Crippen LogP contribution in [0, 0.1) is 48.3 Å². The second-order valence-electron chi connectivity index (χ2n) is 13.7. The molecule has 1 aliphatic heterocycles. The smallest absolute Gasteiger partial charge is 0.340 e. The van der Waals surface area contributed by atoms with Gasteiger partial charge in [-0.3, -0.25) is 4.79 Å². The quantitative estimate of drug-likeness (QED) is 0.456. The summed E-state index contributed by atoms with van der Waals surface area (Å²) >= 11 is 0. The Morgan fingerprint density at radius 2 is 1.87 bits per heavy atom. The topological polar surface area (TPSA) is 87.0 Å². The molecule has 2 heterocycles. The van der Waals surface area contributed by atoms with Crippen molar-refractivity contribution in [2.75, 3.05) is 6.61 Å². The largest absolute Gasteiger partial charge is 0.451 e. The molecule has 4 aliphatic carbocycles. The predicted octanol–water partition coefficient (Wildman–Crippen LogP) is 4.43. The number of esters is 1. The molecule has 2 unspecified atom stereocenters. The van der Waals surface area contributed by atoms with E-state index in [2.05, 4.69) is 20.8 Å². The molecule has 1 N–H and O–H groups in total. The average Bonchev–Trinajstić information content (AvgIpc) is 3.18. The molecule has 7 nitrogen and oxygen atoms in total. The zero-order valence-electron chi connectivity index (χ0n) is 24.0. The summed E-state index contributed by atoms with van der Waals surface area (Å²) in [6, 6.07) is 0. The molecule has 2 saturated carbocycles. The van der Waals surface area contributed by atoms with E-state index in [1.54, 1.807) is 0 Å². The van der Waals surface area contributed by atoms with Gasteiger partial charge < -0.3 is 23.9 Å². The Hall–Kier alpha value is -2.22. The fourth-order valence-electron chi connectivity index (χ4n) is 8.69. The van der Waals surface area contributed by atoms with Crippen molar-refractivity contribution in [3.8, 4) is 0 Å². The Kier molecular flexibility index (Phi) is 5.28. The maximum atomic E-state index is 14.8. The number of aromatic nitrogens is 1. The molecule has 1 spiro atoms. The molecular weight excluding hydrogens is 482 g/mol. The molecule has 3 fully saturated rings. The summed E-state index contributed by atoms with van der Waals surface area (Å²) in [6.45, 7) is 16.1. The molecule has 6 rings (SSSR count). The predicted molar refractivity (Wildman–Crippen MR) is 141 cm³/mol. The average molecular weight is 524 g/mol. The van der Waals surface area contributed by atoms with Gasteiger partial charge in [-0.05, 0) is 80.9 Å². The number of hydrogen-bond acceptors (Lipinski definition) is 6. The number of Topliss-reactive ketones (excluding diaryl/α,β-unsaturated/α-hetero) is 1. The molecule has 5 aliphatic rings. The third-order valence-corrected chi connectivity index (χ3v) is 10.8. The molecule has 0 radical (unpaired) electrons. The van der Waals surface area contributed by atoms with E-state index in [9.17, 15) is 14.7 Å². The molecule has 206 valence electrons. The van der Waals surface area contributed by atoms with Gasteiger partial charge >= 0.3 is 5.97 Å². The summed E-state index contributed by atoms with van der Waals surface area (Å²) in [4.78, 5) is 28.5. The second kappa shape index (κ2) is 7.70. The van der Waals surface area contributed by atoms with E-state index in [-0.39, 0.29) is 35.6 Å². The highest BCUT2D eigenvalue weighted by molar-refractivity contribution is 5.96. The van der Waals surface area contributed by atoms with Crippen LogP contribution < -0.4 is 0 Å². The van der Waals surface area contributed by atoms with Crippen LogP contribution in [0.3, 0.4) is 0 Å². The SMILES string of the molecule is CC1=CC23C(=O)[C@@H](C=C4COC(C)(C)O[C@H]4[C@]2(O)[C@H]1OC(=O)c1c(C)cn(C)c1C)[C@H]1[C@@H](CC3C)C1(C)C.